The van der Waals surface area contributed by atoms with Crippen molar-refractivity contribution in [3.8, 4) is 22.6 Å². The van der Waals surface area contributed by atoms with Crippen LogP contribution in [0.5, 0.6) is 11.5 Å². The monoisotopic (exact) mass is 678 g/mol. The minimum absolute atomic E-state index is 0. The van der Waals surface area contributed by atoms with Crippen molar-refractivity contribution in [2.24, 2.45) is 17.8 Å². The van der Waals surface area contributed by atoms with Crippen LogP contribution in [0.15, 0.2) is 60.7 Å². The molecule has 0 heterocycles. The standard InChI is InChI=1S/C34H35F3N2O8.H2O.2H2/c1-19(42)14-30(44)28(18-41)22(12-13-40)15-20-16-27-26(10-11-29(43)32(27)31(45)17-20)21-2-4-23(5-3-21)38-33(46)39-24-6-8-25(9-7-24)47-34(35,36)37;;;/h2-11,20,22,28,40-41,43H,12-18H2,1H3,(H2,38,39,46);1H2;2*1H. The van der Waals surface area contributed by atoms with Crippen LogP contribution in [0.25, 0.3) is 11.1 Å². The Bertz CT molecular complexity index is 1620. The Kier molecular flexibility index (Phi) is 12.8. The van der Waals surface area contributed by atoms with E-state index in [1.807, 2.05) is 0 Å². The average Bonchev–Trinajstić information content (AvgIpc) is 2.98. The lowest BCUT2D eigenvalue weighted by molar-refractivity contribution is -0.274. The van der Waals surface area contributed by atoms with Crippen LogP contribution in [-0.4, -0.2) is 63.8 Å². The minimum atomic E-state index is -4.83. The van der Waals surface area contributed by atoms with E-state index in [-0.39, 0.29) is 68.7 Å². The van der Waals surface area contributed by atoms with Gasteiger partial charge in [0.1, 0.15) is 23.1 Å². The number of phenols is 1. The molecule has 0 bridgehead atoms. The Morgan fingerprint density at radius 1 is 0.958 bits per heavy atom. The normalized spacial score (nSPS) is 15.4. The van der Waals surface area contributed by atoms with E-state index in [1.165, 1.54) is 25.1 Å². The average molecular weight is 679 g/mol. The Hall–Kier alpha value is -4.79. The van der Waals surface area contributed by atoms with Crippen molar-refractivity contribution in [3.63, 3.8) is 0 Å². The van der Waals surface area contributed by atoms with Gasteiger partial charge < -0.3 is 36.2 Å². The van der Waals surface area contributed by atoms with Gasteiger partial charge in [-0.15, -0.1) is 13.2 Å². The Balaban J connectivity index is 0.00000417. The molecule has 262 valence electrons. The zero-order valence-electron chi connectivity index (χ0n) is 26.0. The van der Waals surface area contributed by atoms with Crippen LogP contribution in [0.2, 0.25) is 0 Å². The molecule has 0 fully saturated rings. The second-order valence-corrected chi connectivity index (χ2v) is 11.6. The van der Waals surface area contributed by atoms with Crippen LogP contribution in [-0.2, 0) is 16.0 Å². The number of carbonyl (C=O) groups is 4. The number of aliphatic hydroxyl groups excluding tert-OH is 2. The van der Waals surface area contributed by atoms with Crippen molar-refractivity contribution < 1.29 is 60.7 Å². The van der Waals surface area contributed by atoms with Crippen LogP contribution in [0.1, 0.15) is 51.4 Å². The number of amides is 2. The first-order valence-corrected chi connectivity index (χ1v) is 14.9. The van der Waals surface area contributed by atoms with Crippen molar-refractivity contribution in [3.05, 3.63) is 71.8 Å². The summed E-state index contributed by atoms with van der Waals surface area (Å²) in [4.78, 5) is 50.0. The van der Waals surface area contributed by atoms with E-state index >= 15 is 0 Å². The summed E-state index contributed by atoms with van der Waals surface area (Å²) in [5.74, 6) is -3.17. The molecule has 0 saturated heterocycles. The summed E-state index contributed by atoms with van der Waals surface area (Å²) >= 11 is 0. The molecule has 4 rings (SSSR count). The Morgan fingerprint density at radius 3 is 2.10 bits per heavy atom. The van der Waals surface area contributed by atoms with E-state index in [4.69, 9.17) is 0 Å². The third-order valence-electron chi connectivity index (χ3n) is 8.07. The molecule has 14 heteroatoms. The lowest BCUT2D eigenvalue weighted by atomic mass is 9.72. The van der Waals surface area contributed by atoms with Gasteiger partial charge in [0.05, 0.1) is 18.6 Å². The Morgan fingerprint density at radius 2 is 1.56 bits per heavy atom. The minimum Gasteiger partial charge on any atom is -0.507 e. The number of hydrogen-bond acceptors (Lipinski definition) is 8. The van der Waals surface area contributed by atoms with Crippen LogP contribution in [0.3, 0.4) is 0 Å². The number of aliphatic hydroxyl groups is 2. The number of carbonyl (C=O) groups excluding carboxylic acids is 4. The molecule has 1 aliphatic carbocycles. The maximum absolute atomic E-state index is 13.3. The first kappa shape index (κ1) is 37.7. The molecule has 3 aromatic carbocycles. The summed E-state index contributed by atoms with van der Waals surface area (Å²) in [5.41, 5.74) is 2.83. The van der Waals surface area contributed by atoms with Gasteiger partial charge in [0.15, 0.2) is 5.78 Å². The molecule has 0 aromatic heterocycles. The lowest BCUT2D eigenvalue weighted by Crippen LogP contribution is -2.32. The number of hydrogen-bond donors (Lipinski definition) is 5. The van der Waals surface area contributed by atoms with Crippen molar-refractivity contribution in [1.82, 2.24) is 0 Å². The van der Waals surface area contributed by atoms with Crippen LogP contribution < -0.4 is 15.4 Å². The zero-order chi connectivity index (χ0) is 34.3. The molecular weight excluding hydrogens is 637 g/mol. The highest BCUT2D eigenvalue weighted by Gasteiger charge is 2.35. The van der Waals surface area contributed by atoms with Crippen LogP contribution >= 0.6 is 0 Å². The summed E-state index contributed by atoms with van der Waals surface area (Å²) in [6.45, 7) is 0.569. The van der Waals surface area contributed by atoms with Crippen molar-refractivity contribution in [2.75, 3.05) is 23.8 Å². The summed E-state index contributed by atoms with van der Waals surface area (Å²) in [5, 5.41) is 35.4. The number of nitrogens with one attached hydrogen (secondary N) is 2. The molecule has 2 amide bonds. The van der Waals surface area contributed by atoms with Gasteiger partial charge in [-0.25, -0.2) is 4.79 Å². The largest absolute Gasteiger partial charge is 0.573 e. The molecular formula is C34H41F3N2O9. The molecule has 0 radical (unpaired) electrons. The maximum Gasteiger partial charge on any atom is 0.573 e. The van der Waals surface area contributed by atoms with Gasteiger partial charge in [0.25, 0.3) is 0 Å². The highest BCUT2D eigenvalue weighted by Crippen LogP contribution is 2.41. The van der Waals surface area contributed by atoms with Gasteiger partial charge in [-0.2, -0.15) is 0 Å². The number of ether oxygens (including phenoxy) is 1. The SMILES string of the molecule is CC(=O)CC(=O)C(CO)C(CCO)CC1CC(=O)c2c(O)ccc(-c3ccc(NC(=O)Nc4ccc(OC(F)(F)F)cc4)cc3)c2C1.O.[HH].[HH]. The molecule has 48 heavy (non-hydrogen) atoms. The number of urea groups is 1. The molecule has 0 aliphatic heterocycles. The zero-order valence-corrected chi connectivity index (χ0v) is 26.0. The second-order valence-electron chi connectivity index (χ2n) is 11.6. The first-order valence-electron chi connectivity index (χ1n) is 14.9. The fourth-order valence-corrected chi connectivity index (χ4v) is 6.05. The number of aromatic hydroxyl groups is 1. The number of phenolic OH excluding ortho intramolecular Hbond substituents is 1. The summed E-state index contributed by atoms with van der Waals surface area (Å²) in [7, 11) is 0. The van der Waals surface area contributed by atoms with E-state index < -0.39 is 42.4 Å². The van der Waals surface area contributed by atoms with Crippen LogP contribution in [0, 0.1) is 17.8 Å². The molecule has 1 aliphatic rings. The number of alkyl halides is 3. The predicted molar refractivity (Wildman–Crippen MR) is 174 cm³/mol. The molecule has 0 saturated carbocycles. The summed E-state index contributed by atoms with van der Waals surface area (Å²) in [6.07, 6.45) is -4.13. The number of halogens is 3. The fourth-order valence-electron chi connectivity index (χ4n) is 6.05. The van der Waals surface area contributed by atoms with Gasteiger partial charge in [0, 0.05) is 33.2 Å². The number of rotatable bonds is 13. The van der Waals surface area contributed by atoms with Crippen molar-refractivity contribution in [2.45, 2.75) is 45.4 Å². The van der Waals surface area contributed by atoms with Gasteiger partial charge in [-0.1, -0.05) is 18.2 Å². The van der Waals surface area contributed by atoms with Gasteiger partial charge in [0.2, 0.25) is 0 Å². The highest BCUT2D eigenvalue weighted by molar-refractivity contribution is 6.03. The maximum atomic E-state index is 13.3. The summed E-state index contributed by atoms with van der Waals surface area (Å²) in [6, 6.07) is 13.8. The molecule has 3 aromatic rings. The van der Waals surface area contributed by atoms with Gasteiger partial charge in [-0.05, 0) is 97.2 Å². The number of benzene rings is 3. The van der Waals surface area contributed by atoms with E-state index in [0.717, 1.165) is 12.1 Å². The molecule has 3 unspecified atom stereocenters. The topological polar surface area (TPSA) is 194 Å². The van der Waals surface area contributed by atoms with Gasteiger partial charge in [-0.3, -0.25) is 14.4 Å². The van der Waals surface area contributed by atoms with E-state index in [9.17, 15) is 47.7 Å². The molecule has 7 N–H and O–H groups in total. The van der Waals surface area contributed by atoms with E-state index in [1.54, 1.807) is 30.3 Å². The summed E-state index contributed by atoms with van der Waals surface area (Å²) < 4.78 is 40.9. The van der Waals surface area contributed by atoms with Crippen LogP contribution in [0.4, 0.5) is 29.3 Å². The number of fused-ring (bicyclic) bond motifs is 1. The molecule has 0 spiro atoms. The highest BCUT2D eigenvalue weighted by atomic mass is 19.4. The number of ketones is 3. The smallest absolute Gasteiger partial charge is 0.507 e. The molecule has 11 nitrogen and oxygen atoms in total. The van der Waals surface area contributed by atoms with Gasteiger partial charge >= 0.3 is 12.4 Å². The number of Topliss-reactive ketones (excluding diaryl/α,β-unsaturated/α-hetero) is 3. The second kappa shape index (κ2) is 16.4. The lowest BCUT2D eigenvalue weighted by Gasteiger charge is -2.31. The fraction of sp³-hybridized carbons (Fsp3) is 0.353. The Labute approximate surface area is 277 Å². The third-order valence-corrected chi connectivity index (χ3v) is 8.07. The van der Waals surface area contributed by atoms with E-state index in [0.29, 0.717) is 35.2 Å². The van der Waals surface area contributed by atoms with Crippen molar-refractivity contribution >= 4 is 34.8 Å². The number of anilines is 2. The third kappa shape index (κ3) is 9.86. The molecule has 3 atom stereocenters. The predicted octanol–water partition coefficient (Wildman–Crippen LogP) is 5.56. The quantitative estimate of drug-likeness (QED) is 0.145. The van der Waals surface area contributed by atoms with Crippen molar-refractivity contribution in [1.29, 1.82) is 0 Å². The first-order chi connectivity index (χ1) is 22.3. The van der Waals surface area contributed by atoms with E-state index in [2.05, 4.69) is 15.4 Å².